The number of carbonyl (C=O) groups is 1. The predicted molar refractivity (Wildman–Crippen MR) is 144 cm³/mol. The van der Waals surface area contributed by atoms with Gasteiger partial charge in [0.1, 0.15) is 10.8 Å². The van der Waals surface area contributed by atoms with E-state index in [1.165, 1.54) is 32.4 Å². The number of ether oxygens (including phenoxy) is 1. The molecule has 3 aromatic rings. The maximum atomic E-state index is 13.0. The maximum Gasteiger partial charge on any atom is 0.253 e. The van der Waals surface area contributed by atoms with Crippen molar-refractivity contribution >= 4 is 17.2 Å². The number of piperidine rings is 1. The SMILES string of the molecule is CCCCNC(=O)c1cc(-c2csc(-c3ccc(OC)cc3)n2)n(CCCN2CCCCC2)c1C. The van der Waals surface area contributed by atoms with Crippen molar-refractivity contribution < 1.29 is 9.53 Å². The molecule has 0 bridgehead atoms. The first-order chi connectivity index (χ1) is 17.1. The third-order valence-corrected chi connectivity index (χ3v) is 7.73. The minimum atomic E-state index is 0.0117. The second-order valence-corrected chi connectivity index (χ2v) is 10.2. The topological polar surface area (TPSA) is 59.4 Å². The van der Waals surface area contributed by atoms with Crippen molar-refractivity contribution in [2.24, 2.45) is 0 Å². The molecule has 3 heterocycles. The summed E-state index contributed by atoms with van der Waals surface area (Å²) in [6.07, 6.45) is 7.09. The molecule has 1 amide bonds. The Morgan fingerprint density at radius 1 is 1.11 bits per heavy atom. The van der Waals surface area contributed by atoms with Crippen LogP contribution in [0.15, 0.2) is 35.7 Å². The first kappa shape index (κ1) is 25.5. The molecule has 0 unspecified atom stereocenters. The summed E-state index contributed by atoms with van der Waals surface area (Å²) in [6.45, 7) is 9.31. The van der Waals surface area contributed by atoms with E-state index >= 15 is 0 Å². The summed E-state index contributed by atoms with van der Waals surface area (Å²) < 4.78 is 7.59. The van der Waals surface area contributed by atoms with Gasteiger partial charge in [0.25, 0.3) is 5.91 Å². The molecule has 6 nitrogen and oxygen atoms in total. The van der Waals surface area contributed by atoms with Crippen LogP contribution in [-0.2, 0) is 6.54 Å². The molecule has 0 spiro atoms. The van der Waals surface area contributed by atoms with Gasteiger partial charge in [-0.25, -0.2) is 4.98 Å². The fourth-order valence-electron chi connectivity index (χ4n) is 4.74. The number of nitrogens with zero attached hydrogens (tertiary/aromatic N) is 3. The van der Waals surface area contributed by atoms with Crippen molar-refractivity contribution in [1.82, 2.24) is 19.8 Å². The number of hydrogen-bond donors (Lipinski definition) is 1. The minimum Gasteiger partial charge on any atom is -0.497 e. The molecule has 1 aromatic carbocycles. The lowest BCUT2D eigenvalue weighted by Crippen LogP contribution is -2.31. The second kappa shape index (κ2) is 12.4. The Kier molecular flexibility index (Phi) is 8.99. The van der Waals surface area contributed by atoms with E-state index in [-0.39, 0.29) is 5.91 Å². The number of carbonyl (C=O) groups excluding carboxylic acids is 1. The Morgan fingerprint density at radius 3 is 2.60 bits per heavy atom. The Labute approximate surface area is 213 Å². The number of methoxy groups -OCH3 is 1. The zero-order chi connectivity index (χ0) is 24.6. The molecule has 1 aliphatic rings. The van der Waals surface area contributed by atoms with E-state index in [1.807, 2.05) is 30.3 Å². The number of unbranched alkanes of at least 4 members (excludes halogenated alkanes) is 1. The minimum absolute atomic E-state index is 0.0117. The number of amides is 1. The highest BCUT2D eigenvalue weighted by Crippen LogP contribution is 2.32. The van der Waals surface area contributed by atoms with E-state index in [1.54, 1.807) is 18.4 Å². The number of hydrogen-bond acceptors (Lipinski definition) is 5. The lowest BCUT2D eigenvalue weighted by Gasteiger charge is -2.26. The van der Waals surface area contributed by atoms with Crippen LogP contribution in [0.5, 0.6) is 5.75 Å². The third kappa shape index (κ3) is 6.33. The fourth-order valence-corrected chi connectivity index (χ4v) is 5.56. The van der Waals surface area contributed by atoms with Gasteiger partial charge in [-0.3, -0.25) is 4.79 Å². The van der Waals surface area contributed by atoms with Crippen molar-refractivity contribution in [2.45, 2.75) is 58.9 Å². The Morgan fingerprint density at radius 2 is 1.89 bits per heavy atom. The van der Waals surface area contributed by atoms with Crippen LogP contribution < -0.4 is 10.1 Å². The highest BCUT2D eigenvalue weighted by Gasteiger charge is 2.20. The molecule has 2 aromatic heterocycles. The van der Waals surface area contributed by atoms with E-state index in [0.717, 1.165) is 71.3 Å². The highest BCUT2D eigenvalue weighted by atomic mass is 32.1. The predicted octanol–water partition coefficient (Wildman–Crippen LogP) is 6.00. The number of thiazole rings is 1. The van der Waals surface area contributed by atoms with E-state index in [2.05, 4.69) is 34.0 Å². The van der Waals surface area contributed by atoms with Crippen LogP contribution >= 0.6 is 11.3 Å². The third-order valence-electron chi connectivity index (χ3n) is 6.84. The van der Waals surface area contributed by atoms with Crippen molar-refractivity contribution in [3.05, 3.63) is 47.0 Å². The van der Waals surface area contributed by atoms with E-state index in [4.69, 9.17) is 9.72 Å². The molecular weight excluding hydrogens is 456 g/mol. The zero-order valence-electron chi connectivity index (χ0n) is 21.3. The molecule has 188 valence electrons. The number of benzene rings is 1. The standard InChI is InChI=1S/C28H38N4O2S/c1-4-5-14-29-27(33)24-19-26(32(21(24)2)18-9-17-31-15-7-6-8-16-31)25-20-35-28(30-25)22-10-12-23(34-3)13-11-22/h10-13,19-20H,4-9,14-18H2,1-3H3,(H,29,33). The molecule has 0 radical (unpaired) electrons. The van der Waals surface area contributed by atoms with Crippen molar-refractivity contribution in [1.29, 1.82) is 0 Å². The van der Waals surface area contributed by atoms with Gasteiger partial charge in [0, 0.05) is 29.7 Å². The number of likely N-dealkylation sites (tertiary alicyclic amines) is 1. The maximum absolute atomic E-state index is 13.0. The molecule has 1 fully saturated rings. The molecule has 1 saturated heterocycles. The molecule has 1 aliphatic heterocycles. The van der Waals surface area contributed by atoms with Crippen LogP contribution in [0, 0.1) is 6.92 Å². The van der Waals surface area contributed by atoms with Gasteiger partial charge >= 0.3 is 0 Å². The van der Waals surface area contributed by atoms with E-state index in [9.17, 15) is 4.79 Å². The van der Waals surface area contributed by atoms with Gasteiger partial charge in [-0.05, 0) is 82.6 Å². The van der Waals surface area contributed by atoms with E-state index in [0.29, 0.717) is 6.54 Å². The average molecular weight is 495 g/mol. The lowest BCUT2D eigenvalue weighted by molar-refractivity contribution is 0.0952. The van der Waals surface area contributed by atoms with Crippen molar-refractivity contribution in [3.63, 3.8) is 0 Å². The number of rotatable bonds is 11. The summed E-state index contributed by atoms with van der Waals surface area (Å²) in [5, 5.41) is 6.17. The Balaban J connectivity index is 1.57. The summed E-state index contributed by atoms with van der Waals surface area (Å²) in [7, 11) is 1.67. The monoisotopic (exact) mass is 494 g/mol. The Bertz CT molecular complexity index is 1100. The molecular formula is C28H38N4O2S. The number of nitrogens with one attached hydrogen (secondary N) is 1. The highest BCUT2D eigenvalue weighted by molar-refractivity contribution is 7.13. The van der Waals surface area contributed by atoms with Crippen LogP contribution in [0.1, 0.15) is 61.5 Å². The fraction of sp³-hybridized carbons (Fsp3) is 0.500. The molecule has 7 heteroatoms. The van der Waals surface area contributed by atoms with Crippen LogP contribution in [0.2, 0.25) is 0 Å². The molecule has 35 heavy (non-hydrogen) atoms. The van der Waals surface area contributed by atoms with Gasteiger partial charge in [0.2, 0.25) is 0 Å². The summed E-state index contributed by atoms with van der Waals surface area (Å²) >= 11 is 1.63. The smallest absolute Gasteiger partial charge is 0.253 e. The van der Waals surface area contributed by atoms with Gasteiger partial charge < -0.3 is 19.5 Å². The van der Waals surface area contributed by atoms with Gasteiger partial charge in [-0.15, -0.1) is 11.3 Å². The van der Waals surface area contributed by atoms with Gasteiger partial charge in [0.15, 0.2) is 0 Å². The van der Waals surface area contributed by atoms with Gasteiger partial charge in [-0.2, -0.15) is 0 Å². The molecule has 4 rings (SSSR count). The normalized spacial score (nSPS) is 14.3. The molecule has 0 aliphatic carbocycles. The first-order valence-electron chi connectivity index (χ1n) is 12.9. The lowest BCUT2D eigenvalue weighted by atomic mass is 10.1. The van der Waals surface area contributed by atoms with Crippen molar-refractivity contribution in [3.8, 4) is 27.7 Å². The molecule has 0 atom stereocenters. The van der Waals surface area contributed by atoms with Gasteiger partial charge in [0.05, 0.1) is 24.1 Å². The largest absolute Gasteiger partial charge is 0.497 e. The van der Waals surface area contributed by atoms with Crippen molar-refractivity contribution in [2.75, 3.05) is 33.3 Å². The summed E-state index contributed by atoms with van der Waals surface area (Å²) in [6, 6.07) is 10.0. The quantitative estimate of drug-likeness (QED) is 0.332. The summed E-state index contributed by atoms with van der Waals surface area (Å²) in [5.74, 6) is 0.847. The van der Waals surface area contributed by atoms with Crippen LogP contribution in [0.25, 0.3) is 22.0 Å². The van der Waals surface area contributed by atoms with Crippen LogP contribution in [-0.4, -0.2) is 53.6 Å². The molecule has 0 saturated carbocycles. The second-order valence-electron chi connectivity index (χ2n) is 9.31. The molecule has 1 N–H and O–H groups in total. The summed E-state index contributed by atoms with van der Waals surface area (Å²) in [4.78, 5) is 20.5. The van der Waals surface area contributed by atoms with E-state index < -0.39 is 0 Å². The first-order valence-corrected chi connectivity index (χ1v) is 13.8. The van der Waals surface area contributed by atoms with Gasteiger partial charge in [-0.1, -0.05) is 19.8 Å². The zero-order valence-corrected chi connectivity index (χ0v) is 22.1. The Hall–Kier alpha value is -2.64. The average Bonchev–Trinajstić information content (AvgIpc) is 3.50. The van der Waals surface area contributed by atoms with Crippen LogP contribution in [0.4, 0.5) is 0 Å². The summed E-state index contributed by atoms with van der Waals surface area (Å²) in [5.41, 5.74) is 4.80. The number of aromatic nitrogens is 2. The van der Waals surface area contributed by atoms with Crippen LogP contribution in [0.3, 0.4) is 0 Å².